The Labute approximate surface area is 165 Å². The fourth-order valence-corrected chi connectivity index (χ4v) is 5.59. The number of carbonyl (C=O) groups is 1. The molecule has 1 amide bonds. The largest absolute Gasteiger partial charge is 0.381 e. The van der Waals surface area contributed by atoms with E-state index < -0.39 is 10.0 Å². The van der Waals surface area contributed by atoms with E-state index in [1.54, 1.807) is 18.2 Å². The first-order chi connectivity index (χ1) is 12.9. The zero-order chi connectivity index (χ0) is 19.4. The smallest absolute Gasteiger partial charge is 0.249 e. The highest BCUT2D eigenvalue weighted by atomic mass is 35.5. The van der Waals surface area contributed by atoms with Crippen LogP contribution in [0.3, 0.4) is 0 Å². The zero-order valence-electron chi connectivity index (χ0n) is 15.3. The molecule has 1 aromatic rings. The molecule has 2 aliphatic rings. The van der Waals surface area contributed by atoms with Gasteiger partial charge in [-0.2, -0.15) is 4.31 Å². The number of rotatable bonds is 6. The van der Waals surface area contributed by atoms with Crippen molar-refractivity contribution in [2.24, 2.45) is 0 Å². The van der Waals surface area contributed by atoms with Gasteiger partial charge in [0.05, 0.1) is 4.90 Å². The molecule has 1 aromatic carbocycles. The van der Waals surface area contributed by atoms with Crippen molar-refractivity contribution in [3.05, 3.63) is 29.3 Å². The van der Waals surface area contributed by atoms with Gasteiger partial charge in [-0.1, -0.05) is 17.7 Å². The quantitative estimate of drug-likeness (QED) is 0.706. The van der Waals surface area contributed by atoms with Crippen LogP contribution in [0.1, 0.15) is 19.3 Å². The van der Waals surface area contributed by atoms with Crippen LogP contribution in [0.5, 0.6) is 0 Å². The number of hydrogen-bond acceptors (Lipinski definition) is 5. The van der Waals surface area contributed by atoms with Gasteiger partial charge in [-0.15, -0.1) is 0 Å². The molecule has 1 unspecified atom stereocenters. The van der Waals surface area contributed by atoms with Gasteiger partial charge in [-0.05, 0) is 37.5 Å². The maximum atomic E-state index is 12.9. The Morgan fingerprint density at radius 3 is 2.70 bits per heavy atom. The molecular formula is C18H25ClN2O5S. The molecular weight excluding hydrogens is 392 g/mol. The van der Waals surface area contributed by atoms with Crippen LogP contribution in [-0.4, -0.2) is 75.6 Å². The summed E-state index contributed by atoms with van der Waals surface area (Å²) in [5.74, 6) is -0.101. The van der Waals surface area contributed by atoms with E-state index in [-0.39, 0.29) is 36.0 Å². The van der Waals surface area contributed by atoms with E-state index in [0.717, 1.165) is 12.8 Å². The molecule has 0 spiro atoms. The Morgan fingerprint density at radius 1 is 1.30 bits per heavy atom. The molecule has 9 heteroatoms. The van der Waals surface area contributed by atoms with Gasteiger partial charge in [0, 0.05) is 50.5 Å². The van der Waals surface area contributed by atoms with Crippen molar-refractivity contribution in [3.8, 4) is 0 Å². The Kier molecular flexibility index (Phi) is 6.75. The number of amides is 1. The molecule has 7 nitrogen and oxygen atoms in total. The first-order valence-corrected chi connectivity index (χ1v) is 10.9. The van der Waals surface area contributed by atoms with Crippen LogP contribution < -0.4 is 0 Å². The number of benzene rings is 1. The summed E-state index contributed by atoms with van der Waals surface area (Å²) in [7, 11) is -2.15. The number of halogens is 1. The van der Waals surface area contributed by atoms with Crippen molar-refractivity contribution in [1.82, 2.24) is 9.21 Å². The van der Waals surface area contributed by atoms with Crippen molar-refractivity contribution in [3.63, 3.8) is 0 Å². The summed E-state index contributed by atoms with van der Waals surface area (Å²) in [6.07, 6.45) is 2.12. The van der Waals surface area contributed by atoms with Crippen LogP contribution in [0.25, 0.3) is 0 Å². The summed E-state index contributed by atoms with van der Waals surface area (Å²) < 4.78 is 37.8. The van der Waals surface area contributed by atoms with E-state index in [1.807, 2.05) is 4.90 Å². The molecule has 3 rings (SSSR count). The highest BCUT2D eigenvalue weighted by Crippen LogP contribution is 2.28. The van der Waals surface area contributed by atoms with E-state index in [4.69, 9.17) is 21.1 Å². The Morgan fingerprint density at radius 2 is 2.04 bits per heavy atom. The van der Waals surface area contributed by atoms with Crippen LogP contribution in [0, 0.1) is 0 Å². The predicted octanol–water partition coefficient (Wildman–Crippen LogP) is 1.76. The summed E-state index contributed by atoms with van der Waals surface area (Å²) in [4.78, 5) is 14.7. The summed E-state index contributed by atoms with van der Waals surface area (Å²) in [5.41, 5.74) is 0. The molecule has 2 saturated heterocycles. The fraction of sp³-hybridized carbons (Fsp3) is 0.611. The van der Waals surface area contributed by atoms with Crippen LogP contribution in [0.15, 0.2) is 29.2 Å². The van der Waals surface area contributed by atoms with Crippen LogP contribution in [0.4, 0.5) is 0 Å². The average molecular weight is 417 g/mol. The minimum absolute atomic E-state index is 0.00506. The maximum absolute atomic E-state index is 12.9. The number of sulfonamides is 1. The first-order valence-electron chi connectivity index (χ1n) is 9.07. The summed E-state index contributed by atoms with van der Waals surface area (Å²) >= 11 is 5.95. The standard InChI is InChI=1S/C18H25ClN2O5S/c1-25-13-18(22)21(15-6-9-26-10-7-15)16-5-8-20(12-16)27(23,24)17-4-2-3-14(19)11-17/h2-4,11,15-16H,5-10,12-13H2,1H3. The number of nitrogens with zero attached hydrogens (tertiary/aromatic N) is 2. The molecule has 0 aliphatic carbocycles. The second-order valence-corrected chi connectivity index (χ2v) is 9.21. The van der Waals surface area contributed by atoms with Crippen LogP contribution in [0.2, 0.25) is 5.02 Å². The highest BCUT2D eigenvalue weighted by Gasteiger charge is 2.39. The third kappa shape index (κ3) is 4.63. The third-order valence-electron chi connectivity index (χ3n) is 5.09. The second kappa shape index (κ2) is 8.87. The van der Waals surface area contributed by atoms with E-state index in [9.17, 15) is 13.2 Å². The molecule has 0 bridgehead atoms. The van der Waals surface area contributed by atoms with Crippen LogP contribution >= 0.6 is 11.6 Å². The van der Waals surface area contributed by atoms with Gasteiger partial charge in [-0.25, -0.2) is 8.42 Å². The maximum Gasteiger partial charge on any atom is 0.249 e. The van der Waals surface area contributed by atoms with Crippen molar-refractivity contribution < 1.29 is 22.7 Å². The lowest BCUT2D eigenvalue weighted by Crippen LogP contribution is -2.51. The summed E-state index contributed by atoms with van der Waals surface area (Å²) in [6, 6.07) is 6.16. The first kappa shape index (κ1) is 20.5. The predicted molar refractivity (Wildman–Crippen MR) is 101 cm³/mol. The van der Waals surface area contributed by atoms with Gasteiger partial charge in [0.15, 0.2) is 0 Å². The molecule has 1 atom stereocenters. The van der Waals surface area contributed by atoms with E-state index in [2.05, 4.69) is 0 Å². The van der Waals surface area contributed by atoms with Gasteiger partial charge < -0.3 is 14.4 Å². The SMILES string of the molecule is COCC(=O)N(C1CCOCC1)C1CCN(S(=O)(=O)c2cccc(Cl)c2)C1. The second-order valence-electron chi connectivity index (χ2n) is 6.84. The molecule has 0 aromatic heterocycles. The van der Waals surface area contributed by atoms with Crippen LogP contribution in [-0.2, 0) is 24.3 Å². The van der Waals surface area contributed by atoms with Crippen molar-refractivity contribution in [2.45, 2.75) is 36.2 Å². The normalized spacial score (nSPS) is 22.1. The molecule has 150 valence electrons. The summed E-state index contributed by atoms with van der Waals surface area (Å²) in [5, 5.41) is 0.380. The molecule has 0 saturated carbocycles. The van der Waals surface area contributed by atoms with Gasteiger partial charge in [0.25, 0.3) is 0 Å². The Balaban J connectivity index is 1.78. The molecule has 2 fully saturated rings. The number of ether oxygens (including phenoxy) is 2. The summed E-state index contributed by atoms with van der Waals surface area (Å²) in [6.45, 7) is 1.87. The lowest BCUT2D eigenvalue weighted by atomic mass is 10.0. The number of methoxy groups -OCH3 is 1. The Hall–Kier alpha value is -1.19. The molecule has 0 radical (unpaired) electrons. The zero-order valence-corrected chi connectivity index (χ0v) is 16.9. The minimum atomic E-state index is -3.64. The number of carbonyl (C=O) groups excluding carboxylic acids is 1. The van der Waals surface area contributed by atoms with E-state index >= 15 is 0 Å². The third-order valence-corrected chi connectivity index (χ3v) is 7.19. The monoisotopic (exact) mass is 416 g/mol. The van der Waals surface area contributed by atoms with E-state index in [1.165, 1.54) is 17.5 Å². The molecule has 0 N–H and O–H groups in total. The molecule has 2 aliphatic heterocycles. The molecule has 2 heterocycles. The van der Waals surface area contributed by atoms with Gasteiger partial charge >= 0.3 is 0 Å². The number of hydrogen-bond donors (Lipinski definition) is 0. The van der Waals surface area contributed by atoms with E-state index in [0.29, 0.717) is 31.2 Å². The van der Waals surface area contributed by atoms with Gasteiger partial charge in [0.1, 0.15) is 6.61 Å². The lowest BCUT2D eigenvalue weighted by Gasteiger charge is -2.38. The highest BCUT2D eigenvalue weighted by molar-refractivity contribution is 7.89. The van der Waals surface area contributed by atoms with Crippen molar-refractivity contribution >= 4 is 27.5 Å². The molecule has 27 heavy (non-hydrogen) atoms. The average Bonchev–Trinajstić information content (AvgIpc) is 3.13. The van der Waals surface area contributed by atoms with Crippen molar-refractivity contribution in [1.29, 1.82) is 0 Å². The van der Waals surface area contributed by atoms with Crippen molar-refractivity contribution in [2.75, 3.05) is 40.0 Å². The topological polar surface area (TPSA) is 76.2 Å². The Bertz CT molecular complexity index is 767. The van der Waals surface area contributed by atoms with Gasteiger partial charge in [-0.3, -0.25) is 4.79 Å². The fourth-order valence-electron chi connectivity index (χ4n) is 3.80. The van der Waals surface area contributed by atoms with Gasteiger partial charge in [0.2, 0.25) is 15.9 Å². The lowest BCUT2D eigenvalue weighted by molar-refractivity contribution is -0.142. The minimum Gasteiger partial charge on any atom is -0.381 e.